The van der Waals surface area contributed by atoms with Crippen LogP contribution in [0.1, 0.15) is 65.7 Å². The van der Waals surface area contributed by atoms with Gasteiger partial charge in [0.2, 0.25) is 0 Å². The van der Waals surface area contributed by atoms with Crippen molar-refractivity contribution in [1.82, 2.24) is 14.7 Å². The molecular weight excluding hydrogens is 270 g/mol. The van der Waals surface area contributed by atoms with E-state index in [1.54, 1.807) is 0 Å². The summed E-state index contributed by atoms with van der Waals surface area (Å²) in [6.07, 6.45) is 9.98. The Hall–Kier alpha value is -0.120. The fourth-order valence-corrected chi connectivity index (χ4v) is 5.34. The first-order chi connectivity index (χ1) is 10.6. The zero-order valence-corrected chi connectivity index (χ0v) is 15.2. The second-order valence-electron chi connectivity index (χ2n) is 8.25. The van der Waals surface area contributed by atoms with Crippen molar-refractivity contribution in [2.75, 3.05) is 39.3 Å². The fraction of sp³-hybridized carbons (Fsp3) is 1.00. The van der Waals surface area contributed by atoms with Crippen molar-refractivity contribution in [3.8, 4) is 0 Å². The summed E-state index contributed by atoms with van der Waals surface area (Å²) in [4.78, 5) is 8.42. The molecule has 0 bridgehead atoms. The molecule has 3 rings (SSSR count). The lowest BCUT2D eigenvalue weighted by atomic mass is 9.93. The third kappa shape index (κ3) is 3.37. The normalized spacial score (nSPS) is 31.4. The average Bonchev–Trinajstić information content (AvgIpc) is 3.18. The van der Waals surface area contributed by atoms with E-state index >= 15 is 0 Å². The van der Waals surface area contributed by atoms with Crippen LogP contribution in [0.5, 0.6) is 0 Å². The molecule has 2 saturated heterocycles. The van der Waals surface area contributed by atoms with Gasteiger partial charge in [0.15, 0.2) is 0 Å². The Balaban J connectivity index is 1.64. The van der Waals surface area contributed by atoms with Crippen molar-refractivity contribution in [3.63, 3.8) is 0 Å². The van der Waals surface area contributed by atoms with E-state index in [0.717, 1.165) is 6.04 Å². The minimum Gasteiger partial charge on any atom is -0.299 e. The summed E-state index contributed by atoms with van der Waals surface area (Å²) in [5, 5.41) is 0. The second-order valence-corrected chi connectivity index (χ2v) is 8.25. The Morgan fingerprint density at radius 2 is 1.64 bits per heavy atom. The summed E-state index contributed by atoms with van der Waals surface area (Å²) >= 11 is 0. The molecule has 3 heteroatoms. The third-order valence-electron chi connectivity index (χ3n) is 6.58. The highest BCUT2D eigenvalue weighted by molar-refractivity contribution is 5.00. The molecule has 1 unspecified atom stereocenters. The van der Waals surface area contributed by atoms with Crippen molar-refractivity contribution in [1.29, 1.82) is 0 Å². The van der Waals surface area contributed by atoms with Crippen molar-refractivity contribution >= 4 is 0 Å². The van der Waals surface area contributed by atoms with E-state index in [1.165, 1.54) is 84.2 Å². The summed E-state index contributed by atoms with van der Waals surface area (Å²) in [7, 11) is 0. The van der Waals surface area contributed by atoms with Gasteiger partial charge in [-0.15, -0.1) is 0 Å². The molecular formula is C19H37N3. The Kier molecular flexibility index (Phi) is 5.47. The van der Waals surface area contributed by atoms with Crippen LogP contribution in [0.4, 0.5) is 0 Å². The fourth-order valence-electron chi connectivity index (χ4n) is 5.34. The van der Waals surface area contributed by atoms with E-state index in [4.69, 9.17) is 0 Å². The highest BCUT2D eigenvalue weighted by atomic mass is 15.3. The van der Waals surface area contributed by atoms with Crippen molar-refractivity contribution in [2.45, 2.75) is 83.3 Å². The summed E-state index contributed by atoms with van der Waals surface area (Å²) < 4.78 is 0. The zero-order valence-electron chi connectivity index (χ0n) is 15.2. The largest absolute Gasteiger partial charge is 0.299 e. The SMILES string of the molecule is CCC1CN(CC2(N3CCCC3)CCCC2)CCN1C(C)C. The van der Waals surface area contributed by atoms with Crippen molar-refractivity contribution in [2.24, 2.45) is 0 Å². The van der Waals surface area contributed by atoms with Crippen LogP contribution in [0.15, 0.2) is 0 Å². The van der Waals surface area contributed by atoms with Crippen molar-refractivity contribution < 1.29 is 0 Å². The first-order valence-electron chi connectivity index (χ1n) is 9.88. The summed E-state index contributed by atoms with van der Waals surface area (Å²) in [6.45, 7) is 15.0. The highest BCUT2D eigenvalue weighted by Crippen LogP contribution is 2.38. The van der Waals surface area contributed by atoms with Gasteiger partial charge in [-0.05, 0) is 59.0 Å². The van der Waals surface area contributed by atoms with Gasteiger partial charge in [-0.1, -0.05) is 19.8 Å². The van der Waals surface area contributed by atoms with Gasteiger partial charge in [0, 0.05) is 43.8 Å². The van der Waals surface area contributed by atoms with Crippen LogP contribution in [0.25, 0.3) is 0 Å². The first-order valence-corrected chi connectivity index (χ1v) is 9.88. The quantitative estimate of drug-likeness (QED) is 0.772. The molecule has 1 aliphatic carbocycles. The molecule has 1 saturated carbocycles. The molecule has 2 aliphatic heterocycles. The van der Waals surface area contributed by atoms with Crippen LogP contribution in [0, 0.1) is 0 Å². The lowest BCUT2D eigenvalue weighted by Crippen LogP contribution is -2.60. The lowest BCUT2D eigenvalue weighted by molar-refractivity contribution is 0.00857. The van der Waals surface area contributed by atoms with Gasteiger partial charge in [-0.3, -0.25) is 14.7 Å². The van der Waals surface area contributed by atoms with Gasteiger partial charge in [-0.2, -0.15) is 0 Å². The molecule has 0 spiro atoms. The molecule has 0 aromatic heterocycles. The van der Waals surface area contributed by atoms with E-state index in [9.17, 15) is 0 Å². The number of piperazine rings is 1. The number of hydrogen-bond acceptors (Lipinski definition) is 3. The van der Waals surface area contributed by atoms with Gasteiger partial charge in [0.05, 0.1) is 0 Å². The van der Waals surface area contributed by atoms with Crippen LogP contribution in [0.2, 0.25) is 0 Å². The Bertz CT molecular complexity index is 343. The summed E-state index contributed by atoms with van der Waals surface area (Å²) in [5.74, 6) is 0. The zero-order chi connectivity index (χ0) is 15.6. The molecule has 3 fully saturated rings. The predicted octanol–water partition coefficient (Wildman–Crippen LogP) is 3.20. The monoisotopic (exact) mass is 307 g/mol. The molecule has 0 N–H and O–H groups in total. The Labute approximate surface area is 138 Å². The van der Waals surface area contributed by atoms with Gasteiger partial charge < -0.3 is 0 Å². The molecule has 3 nitrogen and oxygen atoms in total. The van der Waals surface area contributed by atoms with Gasteiger partial charge >= 0.3 is 0 Å². The van der Waals surface area contributed by atoms with Crippen LogP contribution < -0.4 is 0 Å². The van der Waals surface area contributed by atoms with Crippen LogP contribution in [0.3, 0.4) is 0 Å². The minimum atomic E-state index is 0.537. The minimum absolute atomic E-state index is 0.537. The molecule has 2 heterocycles. The topological polar surface area (TPSA) is 9.72 Å². The molecule has 0 amide bonds. The summed E-state index contributed by atoms with van der Waals surface area (Å²) in [5.41, 5.74) is 0.537. The summed E-state index contributed by atoms with van der Waals surface area (Å²) in [6, 6.07) is 1.47. The van der Waals surface area contributed by atoms with Crippen LogP contribution in [-0.4, -0.2) is 71.6 Å². The Morgan fingerprint density at radius 3 is 2.23 bits per heavy atom. The van der Waals surface area contributed by atoms with E-state index < -0.39 is 0 Å². The molecule has 22 heavy (non-hydrogen) atoms. The first kappa shape index (κ1) is 16.7. The molecule has 0 aromatic rings. The van der Waals surface area contributed by atoms with E-state index in [1.807, 2.05) is 0 Å². The molecule has 3 aliphatic rings. The molecule has 0 radical (unpaired) electrons. The second kappa shape index (κ2) is 7.19. The Morgan fingerprint density at radius 1 is 0.955 bits per heavy atom. The average molecular weight is 308 g/mol. The van der Waals surface area contributed by atoms with E-state index in [2.05, 4.69) is 35.5 Å². The van der Waals surface area contributed by atoms with Crippen LogP contribution in [-0.2, 0) is 0 Å². The molecule has 0 aromatic carbocycles. The maximum Gasteiger partial charge on any atom is 0.0336 e. The smallest absolute Gasteiger partial charge is 0.0336 e. The highest BCUT2D eigenvalue weighted by Gasteiger charge is 2.42. The number of hydrogen-bond donors (Lipinski definition) is 0. The number of likely N-dealkylation sites (tertiary alicyclic amines) is 1. The molecule has 128 valence electrons. The molecule has 1 atom stereocenters. The van der Waals surface area contributed by atoms with Gasteiger partial charge in [0.1, 0.15) is 0 Å². The standard InChI is InChI=1S/C19H37N3/c1-4-18-15-20(13-14-22(18)17(2)3)16-19(9-5-6-10-19)21-11-7-8-12-21/h17-18H,4-16H2,1-3H3. The number of rotatable bonds is 5. The van der Waals surface area contributed by atoms with E-state index in [0.29, 0.717) is 11.6 Å². The van der Waals surface area contributed by atoms with Gasteiger partial charge in [0.25, 0.3) is 0 Å². The van der Waals surface area contributed by atoms with E-state index in [-0.39, 0.29) is 0 Å². The predicted molar refractivity (Wildman–Crippen MR) is 94.4 cm³/mol. The third-order valence-corrected chi connectivity index (χ3v) is 6.58. The van der Waals surface area contributed by atoms with Crippen molar-refractivity contribution in [3.05, 3.63) is 0 Å². The van der Waals surface area contributed by atoms with Crippen LogP contribution >= 0.6 is 0 Å². The maximum atomic E-state index is 2.87. The number of nitrogens with zero attached hydrogens (tertiary/aromatic N) is 3. The maximum absolute atomic E-state index is 2.87. The van der Waals surface area contributed by atoms with Gasteiger partial charge in [-0.25, -0.2) is 0 Å². The lowest BCUT2D eigenvalue weighted by Gasteiger charge is -2.48.